The van der Waals surface area contributed by atoms with Gasteiger partial charge in [0.15, 0.2) is 0 Å². The van der Waals surface area contributed by atoms with E-state index in [-0.39, 0.29) is 10.2 Å². The van der Waals surface area contributed by atoms with Gasteiger partial charge in [0, 0.05) is 12.0 Å². The minimum absolute atomic E-state index is 0.0309. The Bertz CT molecular complexity index is 925. The highest BCUT2D eigenvalue weighted by molar-refractivity contribution is 7.09. The molecule has 1 aliphatic rings. The summed E-state index contributed by atoms with van der Waals surface area (Å²) >= 11 is 1.24. The minimum atomic E-state index is -4.66. The fourth-order valence-electron chi connectivity index (χ4n) is 2.50. The van der Waals surface area contributed by atoms with E-state index in [1.165, 1.54) is 11.3 Å². The summed E-state index contributed by atoms with van der Waals surface area (Å²) in [5, 5.41) is 5.37. The van der Waals surface area contributed by atoms with E-state index < -0.39 is 29.0 Å². The van der Waals surface area contributed by atoms with Crippen LogP contribution in [0.15, 0.2) is 23.2 Å². The van der Waals surface area contributed by atoms with E-state index in [2.05, 4.69) is 17.0 Å². The number of halogens is 4. The van der Waals surface area contributed by atoms with Crippen molar-refractivity contribution in [3.8, 4) is 0 Å². The van der Waals surface area contributed by atoms with Crippen LogP contribution in [-0.2, 0) is 18.1 Å². The normalized spacial score (nSPS) is 16.6. The molecule has 2 aromatic rings. The summed E-state index contributed by atoms with van der Waals surface area (Å²) in [5.74, 6) is -2.07. The van der Waals surface area contributed by atoms with Gasteiger partial charge in [-0.15, -0.1) is 0 Å². The summed E-state index contributed by atoms with van der Waals surface area (Å²) in [4.78, 5) is 16.6. The maximum absolute atomic E-state index is 14.0. The summed E-state index contributed by atoms with van der Waals surface area (Å²) in [6.07, 6.45) is -0.957. The van der Waals surface area contributed by atoms with Crippen molar-refractivity contribution in [2.75, 3.05) is 0 Å². The number of carbonyl (C=O) groups is 1. The Balaban J connectivity index is 2.01. The molecule has 27 heavy (non-hydrogen) atoms. The topological polar surface area (TPSA) is 47.2 Å². The van der Waals surface area contributed by atoms with Gasteiger partial charge in [0.1, 0.15) is 10.8 Å². The Morgan fingerprint density at radius 2 is 2.07 bits per heavy atom. The molecule has 0 N–H and O–H groups in total. The van der Waals surface area contributed by atoms with Crippen molar-refractivity contribution in [2.45, 2.75) is 57.7 Å². The molecule has 9 heteroatoms. The van der Waals surface area contributed by atoms with Crippen LogP contribution in [0.2, 0.25) is 0 Å². The van der Waals surface area contributed by atoms with Crippen molar-refractivity contribution < 1.29 is 22.4 Å². The van der Waals surface area contributed by atoms with Crippen molar-refractivity contribution in [1.29, 1.82) is 0 Å². The molecule has 0 spiro atoms. The molecule has 146 valence electrons. The molecule has 0 radical (unpaired) electrons. The van der Waals surface area contributed by atoms with E-state index in [9.17, 15) is 22.4 Å². The summed E-state index contributed by atoms with van der Waals surface area (Å²) in [5.41, 5.74) is -1.81. The van der Waals surface area contributed by atoms with E-state index >= 15 is 0 Å². The molecule has 1 amide bonds. The van der Waals surface area contributed by atoms with Crippen LogP contribution in [-0.4, -0.2) is 15.7 Å². The van der Waals surface area contributed by atoms with Crippen LogP contribution in [0.3, 0.4) is 0 Å². The second-order valence-corrected chi connectivity index (χ2v) is 7.89. The smallest absolute Gasteiger partial charge is 0.267 e. The molecular weight excluding hydrogens is 382 g/mol. The second kappa shape index (κ2) is 7.18. The molecule has 1 aliphatic carbocycles. The first-order valence-corrected chi connectivity index (χ1v) is 9.50. The van der Waals surface area contributed by atoms with E-state index in [1.807, 2.05) is 6.92 Å². The number of hydrogen-bond donors (Lipinski definition) is 0. The molecule has 3 rings (SSSR count). The molecule has 1 fully saturated rings. The van der Waals surface area contributed by atoms with Crippen LogP contribution < -0.4 is 4.80 Å². The molecule has 0 bridgehead atoms. The lowest BCUT2D eigenvalue weighted by Crippen LogP contribution is -2.19. The lowest BCUT2D eigenvalue weighted by atomic mass is 10.1. The van der Waals surface area contributed by atoms with E-state index in [0.29, 0.717) is 24.7 Å². The lowest BCUT2D eigenvalue weighted by molar-refractivity contribution is -0.137. The predicted octanol–water partition coefficient (Wildman–Crippen LogP) is 4.70. The number of alkyl halides is 3. The number of nitrogens with zero attached hydrogens (tertiary/aromatic N) is 3. The Morgan fingerprint density at radius 3 is 2.67 bits per heavy atom. The Labute approximate surface area is 157 Å². The highest BCUT2D eigenvalue weighted by atomic mass is 32.1. The van der Waals surface area contributed by atoms with Crippen LogP contribution >= 0.6 is 11.3 Å². The van der Waals surface area contributed by atoms with Crippen molar-refractivity contribution in [3.63, 3.8) is 0 Å². The number of rotatable bonds is 5. The van der Waals surface area contributed by atoms with Crippen molar-refractivity contribution in [2.24, 2.45) is 4.99 Å². The fourth-order valence-corrected chi connectivity index (χ4v) is 3.63. The Hall–Kier alpha value is -2.03. The molecule has 1 aromatic heterocycles. The SMILES string of the molecule is CCCCn1nc(C2(C)CC2)s/c1=N\C(=O)c1cc(C(F)(F)F)ccc1F. The Morgan fingerprint density at radius 1 is 1.37 bits per heavy atom. The number of aromatic nitrogens is 2. The first-order valence-electron chi connectivity index (χ1n) is 8.68. The van der Waals surface area contributed by atoms with E-state index in [0.717, 1.165) is 30.7 Å². The molecule has 0 saturated heterocycles. The van der Waals surface area contributed by atoms with Gasteiger partial charge in [-0.2, -0.15) is 23.3 Å². The zero-order chi connectivity index (χ0) is 19.8. The van der Waals surface area contributed by atoms with Gasteiger partial charge in [0.2, 0.25) is 4.80 Å². The third kappa shape index (κ3) is 4.28. The number of benzene rings is 1. The average molecular weight is 401 g/mol. The van der Waals surface area contributed by atoms with Crippen LogP contribution in [0.1, 0.15) is 60.5 Å². The summed E-state index contributed by atoms with van der Waals surface area (Å²) in [6.45, 7) is 4.62. The molecule has 1 aromatic carbocycles. The number of unbranched alkanes of at least 4 members (excludes halogenated alkanes) is 1. The van der Waals surface area contributed by atoms with E-state index in [1.54, 1.807) is 4.68 Å². The highest BCUT2D eigenvalue weighted by Gasteiger charge is 2.42. The van der Waals surface area contributed by atoms with Gasteiger partial charge < -0.3 is 0 Å². The quantitative estimate of drug-likeness (QED) is 0.682. The van der Waals surface area contributed by atoms with Crippen LogP contribution in [0.25, 0.3) is 0 Å². The zero-order valence-corrected chi connectivity index (χ0v) is 15.8. The fraction of sp³-hybridized carbons (Fsp3) is 0.500. The number of amides is 1. The van der Waals surface area contributed by atoms with Gasteiger partial charge in [-0.25, -0.2) is 9.07 Å². The Kier molecular flexibility index (Phi) is 5.24. The second-order valence-electron chi connectivity index (χ2n) is 6.94. The third-order valence-corrected chi connectivity index (χ3v) is 5.83. The first-order chi connectivity index (χ1) is 12.6. The summed E-state index contributed by atoms with van der Waals surface area (Å²) in [7, 11) is 0. The van der Waals surface area contributed by atoms with Gasteiger partial charge in [-0.05, 0) is 37.5 Å². The van der Waals surface area contributed by atoms with Gasteiger partial charge in [-0.3, -0.25) is 4.79 Å². The van der Waals surface area contributed by atoms with Crippen LogP contribution in [0, 0.1) is 5.82 Å². The first kappa shape index (κ1) is 19.7. The largest absolute Gasteiger partial charge is 0.416 e. The zero-order valence-electron chi connectivity index (χ0n) is 14.9. The lowest BCUT2D eigenvalue weighted by Gasteiger charge is -2.07. The van der Waals surface area contributed by atoms with Gasteiger partial charge in [0.25, 0.3) is 5.91 Å². The molecule has 0 aliphatic heterocycles. The molecule has 1 saturated carbocycles. The maximum Gasteiger partial charge on any atom is 0.416 e. The maximum atomic E-state index is 14.0. The molecular formula is C18H19F4N3OS. The summed E-state index contributed by atoms with van der Waals surface area (Å²) in [6, 6.07) is 1.74. The van der Waals surface area contributed by atoms with Crippen LogP contribution in [0.4, 0.5) is 17.6 Å². The number of aryl methyl sites for hydroxylation is 1. The molecule has 4 nitrogen and oxygen atoms in total. The van der Waals surface area contributed by atoms with Crippen LogP contribution in [0.5, 0.6) is 0 Å². The van der Waals surface area contributed by atoms with Gasteiger partial charge in [0.05, 0.1) is 11.1 Å². The average Bonchev–Trinajstić information content (AvgIpc) is 3.21. The van der Waals surface area contributed by atoms with Crippen molar-refractivity contribution >= 4 is 17.2 Å². The molecule has 1 heterocycles. The molecule has 0 atom stereocenters. The monoisotopic (exact) mass is 401 g/mol. The number of carbonyl (C=O) groups excluding carboxylic acids is 1. The third-order valence-electron chi connectivity index (χ3n) is 4.58. The highest BCUT2D eigenvalue weighted by Crippen LogP contribution is 2.47. The standard InChI is InChI=1S/C18H19F4N3OS/c1-3-4-9-25-16(27-15(24-25)17(2)7-8-17)23-14(26)12-10-11(18(20,21)22)5-6-13(12)19/h5-6,10H,3-4,7-9H2,1-2H3/b23-16-. The predicted molar refractivity (Wildman–Crippen MR) is 92.9 cm³/mol. The van der Waals surface area contributed by atoms with Crippen molar-refractivity contribution in [1.82, 2.24) is 9.78 Å². The number of hydrogen-bond acceptors (Lipinski definition) is 3. The van der Waals surface area contributed by atoms with Gasteiger partial charge in [-0.1, -0.05) is 31.6 Å². The minimum Gasteiger partial charge on any atom is -0.267 e. The van der Waals surface area contributed by atoms with E-state index in [4.69, 9.17) is 0 Å². The summed E-state index contributed by atoms with van der Waals surface area (Å²) < 4.78 is 54.1. The van der Waals surface area contributed by atoms with Gasteiger partial charge >= 0.3 is 6.18 Å². The van der Waals surface area contributed by atoms with Crippen molar-refractivity contribution in [3.05, 3.63) is 45.0 Å². The molecule has 0 unspecified atom stereocenters.